The van der Waals surface area contributed by atoms with Crippen LogP contribution >= 0.6 is 23.0 Å². The lowest BCUT2D eigenvalue weighted by atomic mass is 10.0. The standard InChI is InChI=1S/C13H22IN3O5/c1-4-10(18)15-5-11(19)16-6-12(20)17-9(7-22-14)13(21)8(2)3/h8-9H,4-7H2,1-3H3,(H,15,18)(H,16,19)(H,17,20). The van der Waals surface area contributed by atoms with Crippen LogP contribution in [0.25, 0.3) is 0 Å². The molecule has 0 bridgehead atoms. The third-order valence-corrected chi connectivity index (χ3v) is 3.05. The molecular weight excluding hydrogens is 405 g/mol. The van der Waals surface area contributed by atoms with E-state index in [4.69, 9.17) is 3.07 Å². The van der Waals surface area contributed by atoms with Gasteiger partial charge in [0.05, 0.1) is 19.7 Å². The highest BCUT2D eigenvalue weighted by Crippen LogP contribution is 2.02. The van der Waals surface area contributed by atoms with Gasteiger partial charge in [0.2, 0.25) is 17.7 Å². The highest BCUT2D eigenvalue weighted by atomic mass is 127. The number of hydrogen-bond donors (Lipinski definition) is 3. The molecule has 0 aliphatic heterocycles. The van der Waals surface area contributed by atoms with Crippen molar-refractivity contribution in [2.75, 3.05) is 19.7 Å². The van der Waals surface area contributed by atoms with Crippen molar-refractivity contribution in [2.45, 2.75) is 33.2 Å². The summed E-state index contributed by atoms with van der Waals surface area (Å²) >= 11 is 1.65. The molecule has 0 aliphatic rings. The molecule has 0 fully saturated rings. The first kappa shape index (κ1) is 20.8. The minimum Gasteiger partial charge on any atom is -0.347 e. The molecule has 9 heteroatoms. The Hall–Kier alpha value is -1.23. The van der Waals surface area contributed by atoms with Gasteiger partial charge in [-0.15, -0.1) is 0 Å². The molecule has 3 amide bonds. The smallest absolute Gasteiger partial charge is 0.240 e. The van der Waals surface area contributed by atoms with Crippen molar-refractivity contribution in [1.29, 1.82) is 0 Å². The summed E-state index contributed by atoms with van der Waals surface area (Å²) in [5.41, 5.74) is 0. The molecule has 3 N–H and O–H groups in total. The van der Waals surface area contributed by atoms with Crippen LogP contribution in [0.15, 0.2) is 0 Å². The third-order valence-electron chi connectivity index (χ3n) is 2.69. The molecule has 0 aromatic rings. The second kappa shape index (κ2) is 11.4. The third kappa shape index (κ3) is 8.93. The molecule has 0 aromatic carbocycles. The van der Waals surface area contributed by atoms with Crippen LogP contribution in [0.1, 0.15) is 27.2 Å². The second-order valence-electron chi connectivity index (χ2n) is 4.86. The number of halogens is 1. The number of Topliss-reactive ketones (excluding diaryl/α,β-unsaturated/α-hetero) is 1. The molecular formula is C13H22IN3O5. The van der Waals surface area contributed by atoms with Gasteiger partial charge in [0.1, 0.15) is 29.0 Å². The Labute approximate surface area is 143 Å². The van der Waals surface area contributed by atoms with Gasteiger partial charge in [0.25, 0.3) is 0 Å². The molecule has 0 aliphatic carbocycles. The molecule has 0 saturated carbocycles. The summed E-state index contributed by atoms with van der Waals surface area (Å²) in [6, 6.07) is -0.749. The van der Waals surface area contributed by atoms with Crippen molar-refractivity contribution in [3.8, 4) is 0 Å². The summed E-state index contributed by atoms with van der Waals surface area (Å²) < 4.78 is 4.88. The van der Waals surface area contributed by atoms with E-state index in [1.54, 1.807) is 43.8 Å². The predicted octanol–water partition coefficient (Wildman–Crippen LogP) is -0.295. The number of rotatable bonds is 10. The summed E-state index contributed by atoms with van der Waals surface area (Å²) in [5.74, 6) is -1.61. The summed E-state index contributed by atoms with van der Waals surface area (Å²) in [4.78, 5) is 46.0. The van der Waals surface area contributed by atoms with Gasteiger partial charge in [-0.05, 0) is 0 Å². The summed E-state index contributed by atoms with van der Waals surface area (Å²) in [6.45, 7) is 4.72. The largest absolute Gasteiger partial charge is 0.347 e. The van der Waals surface area contributed by atoms with Crippen molar-refractivity contribution < 1.29 is 22.2 Å². The lowest BCUT2D eigenvalue weighted by molar-refractivity contribution is -0.130. The van der Waals surface area contributed by atoms with Crippen LogP contribution in [-0.2, 0) is 22.2 Å². The number of ketones is 1. The normalized spacial score (nSPS) is 11.7. The quantitative estimate of drug-likeness (QED) is 0.415. The molecule has 0 heterocycles. The molecule has 8 nitrogen and oxygen atoms in total. The average molecular weight is 427 g/mol. The Morgan fingerprint density at radius 3 is 2.05 bits per heavy atom. The van der Waals surface area contributed by atoms with Gasteiger partial charge in [-0.2, -0.15) is 0 Å². The summed E-state index contributed by atoms with van der Waals surface area (Å²) in [7, 11) is 0. The molecule has 1 unspecified atom stereocenters. The Kier molecular flexibility index (Phi) is 10.7. The molecule has 0 radical (unpaired) electrons. The van der Waals surface area contributed by atoms with Crippen LogP contribution in [0.3, 0.4) is 0 Å². The van der Waals surface area contributed by atoms with Gasteiger partial charge in [0, 0.05) is 12.3 Å². The van der Waals surface area contributed by atoms with E-state index >= 15 is 0 Å². The zero-order chi connectivity index (χ0) is 17.1. The van der Waals surface area contributed by atoms with Crippen LogP contribution in [0.2, 0.25) is 0 Å². The number of amides is 3. The van der Waals surface area contributed by atoms with Crippen LogP contribution in [0.4, 0.5) is 0 Å². The van der Waals surface area contributed by atoms with Gasteiger partial charge >= 0.3 is 0 Å². The first-order valence-electron chi connectivity index (χ1n) is 6.91. The molecule has 0 rings (SSSR count). The number of hydrogen-bond acceptors (Lipinski definition) is 5. The highest BCUT2D eigenvalue weighted by Gasteiger charge is 2.23. The zero-order valence-corrected chi connectivity index (χ0v) is 15.1. The van der Waals surface area contributed by atoms with E-state index in [0.717, 1.165) is 0 Å². The monoisotopic (exact) mass is 427 g/mol. The maximum atomic E-state index is 11.9. The molecule has 0 spiro atoms. The van der Waals surface area contributed by atoms with E-state index in [0.29, 0.717) is 0 Å². The lowest BCUT2D eigenvalue weighted by Gasteiger charge is -2.18. The summed E-state index contributed by atoms with van der Waals surface area (Å²) in [5, 5.41) is 7.26. The van der Waals surface area contributed by atoms with Crippen LogP contribution in [-0.4, -0.2) is 49.2 Å². The highest BCUT2D eigenvalue weighted by molar-refractivity contribution is 14.1. The Balaban J connectivity index is 4.21. The molecule has 1 atom stereocenters. The van der Waals surface area contributed by atoms with Crippen LogP contribution in [0.5, 0.6) is 0 Å². The number of nitrogens with one attached hydrogen (secondary N) is 3. The van der Waals surface area contributed by atoms with Crippen LogP contribution < -0.4 is 16.0 Å². The van der Waals surface area contributed by atoms with Crippen molar-refractivity contribution in [3.05, 3.63) is 0 Å². The zero-order valence-electron chi connectivity index (χ0n) is 12.9. The fourth-order valence-electron chi connectivity index (χ4n) is 1.45. The second-order valence-corrected chi connectivity index (χ2v) is 5.48. The van der Waals surface area contributed by atoms with E-state index in [-0.39, 0.29) is 43.7 Å². The first-order chi connectivity index (χ1) is 10.3. The van der Waals surface area contributed by atoms with Crippen molar-refractivity contribution >= 4 is 46.5 Å². The molecule has 126 valence electrons. The van der Waals surface area contributed by atoms with Crippen molar-refractivity contribution in [1.82, 2.24) is 16.0 Å². The SMILES string of the molecule is CCC(=O)NCC(=O)NCC(=O)NC(COI)C(=O)C(C)C. The minimum absolute atomic E-state index is 0.0593. The molecule has 22 heavy (non-hydrogen) atoms. The van der Waals surface area contributed by atoms with Crippen LogP contribution in [0, 0.1) is 5.92 Å². The van der Waals surface area contributed by atoms with Gasteiger partial charge in [-0.1, -0.05) is 20.8 Å². The Morgan fingerprint density at radius 2 is 1.55 bits per heavy atom. The Morgan fingerprint density at radius 1 is 1.00 bits per heavy atom. The van der Waals surface area contributed by atoms with E-state index in [1.165, 1.54) is 0 Å². The number of carbonyl (C=O) groups is 4. The maximum Gasteiger partial charge on any atom is 0.240 e. The van der Waals surface area contributed by atoms with Gasteiger partial charge < -0.3 is 19.0 Å². The van der Waals surface area contributed by atoms with Crippen molar-refractivity contribution in [3.63, 3.8) is 0 Å². The van der Waals surface area contributed by atoms with Gasteiger partial charge in [-0.3, -0.25) is 19.2 Å². The fourth-order valence-corrected chi connectivity index (χ4v) is 1.81. The van der Waals surface area contributed by atoms with Gasteiger partial charge in [0.15, 0.2) is 5.78 Å². The van der Waals surface area contributed by atoms with Crippen molar-refractivity contribution in [2.24, 2.45) is 5.92 Å². The van der Waals surface area contributed by atoms with E-state index in [1.807, 2.05) is 0 Å². The molecule has 0 saturated heterocycles. The first-order valence-corrected chi connectivity index (χ1v) is 7.79. The number of carbonyl (C=O) groups excluding carboxylic acids is 4. The topological polar surface area (TPSA) is 114 Å². The van der Waals surface area contributed by atoms with Gasteiger partial charge in [-0.25, -0.2) is 0 Å². The lowest BCUT2D eigenvalue weighted by Crippen LogP contribution is -2.49. The van der Waals surface area contributed by atoms with E-state index < -0.39 is 17.9 Å². The Bertz CT molecular complexity index is 414. The van der Waals surface area contributed by atoms with E-state index in [2.05, 4.69) is 16.0 Å². The molecule has 0 aromatic heterocycles. The van der Waals surface area contributed by atoms with E-state index in [9.17, 15) is 19.2 Å². The average Bonchev–Trinajstić information content (AvgIpc) is 2.49. The minimum atomic E-state index is -0.749. The summed E-state index contributed by atoms with van der Waals surface area (Å²) in [6.07, 6.45) is 0.281. The predicted molar refractivity (Wildman–Crippen MR) is 88.1 cm³/mol. The fraction of sp³-hybridized carbons (Fsp3) is 0.692. The maximum absolute atomic E-state index is 11.9.